The minimum atomic E-state index is -0.0347. The van der Waals surface area contributed by atoms with E-state index in [-0.39, 0.29) is 11.9 Å². The third kappa shape index (κ3) is 2.72. The number of hydrogen-bond acceptors (Lipinski definition) is 4. The average Bonchev–Trinajstić information content (AvgIpc) is 2.99. The molecule has 108 valence electrons. The molecule has 0 bridgehead atoms. The van der Waals surface area contributed by atoms with Gasteiger partial charge in [-0.1, -0.05) is 0 Å². The molecule has 1 saturated heterocycles. The molecule has 2 N–H and O–H groups in total. The van der Waals surface area contributed by atoms with Gasteiger partial charge < -0.3 is 20.1 Å². The van der Waals surface area contributed by atoms with Crippen molar-refractivity contribution in [3.8, 4) is 11.5 Å². The molecular formula is C15H20N2O3. The fourth-order valence-electron chi connectivity index (χ4n) is 2.64. The lowest BCUT2D eigenvalue weighted by Crippen LogP contribution is -2.40. The van der Waals surface area contributed by atoms with Crippen molar-refractivity contribution < 1.29 is 14.3 Å². The van der Waals surface area contributed by atoms with Crippen molar-refractivity contribution in [3.63, 3.8) is 0 Å². The number of carbonyl (C=O) groups is 1. The number of fused-ring (bicyclic) bond motifs is 1. The van der Waals surface area contributed by atoms with Gasteiger partial charge in [0.15, 0.2) is 11.5 Å². The Kier molecular flexibility index (Phi) is 3.78. The molecule has 0 spiro atoms. The molecule has 5 nitrogen and oxygen atoms in total. The summed E-state index contributed by atoms with van der Waals surface area (Å²) in [6.45, 7) is 4.65. The van der Waals surface area contributed by atoms with Crippen molar-refractivity contribution in [1.29, 1.82) is 0 Å². The molecule has 5 heteroatoms. The van der Waals surface area contributed by atoms with Crippen molar-refractivity contribution in [1.82, 2.24) is 10.6 Å². The van der Waals surface area contributed by atoms with E-state index in [1.165, 1.54) is 0 Å². The first-order valence-corrected chi connectivity index (χ1v) is 7.14. The summed E-state index contributed by atoms with van der Waals surface area (Å²) in [5, 5.41) is 6.19. The van der Waals surface area contributed by atoms with Gasteiger partial charge in [0.1, 0.15) is 13.2 Å². The second kappa shape index (κ2) is 5.71. The Bertz CT molecular complexity index is 510. The van der Waals surface area contributed by atoms with Crippen LogP contribution >= 0.6 is 0 Å². The fourth-order valence-corrected chi connectivity index (χ4v) is 2.64. The number of aryl methyl sites for hydroxylation is 1. The lowest BCUT2D eigenvalue weighted by molar-refractivity contribution is -0.122. The molecule has 2 aliphatic heterocycles. The lowest BCUT2D eigenvalue weighted by Gasteiger charge is -2.20. The molecule has 1 unspecified atom stereocenters. The molecule has 0 saturated carbocycles. The van der Waals surface area contributed by atoms with Crippen LogP contribution in [0.1, 0.15) is 24.0 Å². The molecule has 1 amide bonds. The highest BCUT2D eigenvalue weighted by atomic mass is 16.6. The standard InChI is InChI=1S/C15H20N2O3/c1-10-7-13-14(20-6-5-19-13)8-11(10)9-17-15(18)12-3-2-4-16-12/h7-8,12,16H,2-6,9H2,1H3,(H,17,18). The summed E-state index contributed by atoms with van der Waals surface area (Å²) in [4.78, 5) is 12.0. The minimum Gasteiger partial charge on any atom is -0.486 e. The summed E-state index contributed by atoms with van der Waals surface area (Å²) >= 11 is 0. The number of rotatable bonds is 3. The maximum absolute atomic E-state index is 12.0. The van der Waals surface area contributed by atoms with Gasteiger partial charge in [0, 0.05) is 6.54 Å². The van der Waals surface area contributed by atoms with Crippen molar-refractivity contribution in [2.45, 2.75) is 32.4 Å². The molecule has 3 rings (SSSR count). The van der Waals surface area contributed by atoms with Crippen LogP contribution in [-0.2, 0) is 11.3 Å². The van der Waals surface area contributed by atoms with Crippen LogP contribution in [0.5, 0.6) is 11.5 Å². The molecule has 2 aliphatic rings. The summed E-state index contributed by atoms with van der Waals surface area (Å²) in [6.07, 6.45) is 1.99. The molecule has 1 fully saturated rings. The van der Waals surface area contributed by atoms with E-state index < -0.39 is 0 Å². The van der Waals surface area contributed by atoms with Gasteiger partial charge in [0.05, 0.1) is 6.04 Å². The Labute approximate surface area is 118 Å². The molecule has 2 heterocycles. The molecule has 20 heavy (non-hydrogen) atoms. The number of carbonyl (C=O) groups excluding carboxylic acids is 1. The fraction of sp³-hybridized carbons (Fsp3) is 0.533. The zero-order valence-electron chi connectivity index (χ0n) is 11.7. The molecule has 0 aromatic heterocycles. The van der Waals surface area contributed by atoms with Crippen LogP contribution in [0.3, 0.4) is 0 Å². The van der Waals surface area contributed by atoms with E-state index in [0.717, 1.165) is 42.0 Å². The van der Waals surface area contributed by atoms with Crippen LogP contribution < -0.4 is 20.1 Å². The normalized spacial score (nSPS) is 20.8. The van der Waals surface area contributed by atoms with Crippen LogP contribution in [0.2, 0.25) is 0 Å². The van der Waals surface area contributed by atoms with Crippen molar-refractivity contribution in [3.05, 3.63) is 23.3 Å². The summed E-state index contributed by atoms with van der Waals surface area (Å²) in [7, 11) is 0. The smallest absolute Gasteiger partial charge is 0.237 e. The van der Waals surface area contributed by atoms with E-state index >= 15 is 0 Å². The van der Waals surface area contributed by atoms with Gasteiger partial charge in [-0.3, -0.25) is 4.79 Å². The van der Waals surface area contributed by atoms with Crippen molar-refractivity contribution in [2.24, 2.45) is 0 Å². The first-order valence-electron chi connectivity index (χ1n) is 7.14. The van der Waals surface area contributed by atoms with Crippen molar-refractivity contribution >= 4 is 5.91 Å². The quantitative estimate of drug-likeness (QED) is 0.869. The summed E-state index contributed by atoms with van der Waals surface area (Å²) in [6, 6.07) is 3.91. The first-order chi connectivity index (χ1) is 9.74. The Hall–Kier alpha value is -1.75. The highest BCUT2D eigenvalue weighted by Crippen LogP contribution is 2.32. The van der Waals surface area contributed by atoms with E-state index in [9.17, 15) is 4.79 Å². The summed E-state index contributed by atoms with van der Waals surface area (Å²) in [5.74, 6) is 1.64. The molecular weight excluding hydrogens is 256 g/mol. The van der Waals surface area contributed by atoms with Gasteiger partial charge in [-0.05, 0) is 49.6 Å². The van der Waals surface area contributed by atoms with Crippen LogP contribution in [0.25, 0.3) is 0 Å². The zero-order chi connectivity index (χ0) is 13.9. The monoisotopic (exact) mass is 276 g/mol. The topological polar surface area (TPSA) is 59.6 Å². The Morgan fingerprint density at radius 3 is 2.80 bits per heavy atom. The van der Waals surface area contributed by atoms with E-state index in [1.54, 1.807) is 0 Å². The number of ether oxygens (including phenoxy) is 2. The predicted molar refractivity (Wildman–Crippen MR) is 75.0 cm³/mol. The van der Waals surface area contributed by atoms with Crippen LogP contribution in [0.15, 0.2) is 12.1 Å². The number of benzene rings is 1. The SMILES string of the molecule is Cc1cc2c(cc1CNC(=O)C1CCCN1)OCCO2. The average molecular weight is 276 g/mol. The van der Waals surface area contributed by atoms with E-state index in [0.29, 0.717) is 19.8 Å². The third-order valence-corrected chi connectivity index (χ3v) is 3.83. The Morgan fingerprint density at radius 2 is 2.10 bits per heavy atom. The first kappa shape index (κ1) is 13.2. The zero-order valence-corrected chi connectivity index (χ0v) is 11.7. The van der Waals surface area contributed by atoms with Crippen LogP contribution in [0, 0.1) is 6.92 Å². The molecule has 1 aromatic carbocycles. The molecule has 0 aliphatic carbocycles. The summed E-state index contributed by atoms with van der Waals surface area (Å²) < 4.78 is 11.1. The van der Waals surface area contributed by atoms with Gasteiger partial charge in [-0.2, -0.15) is 0 Å². The number of amides is 1. The highest BCUT2D eigenvalue weighted by molar-refractivity contribution is 5.82. The van der Waals surface area contributed by atoms with Gasteiger partial charge in [-0.15, -0.1) is 0 Å². The van der Waals surface area contributed by atoms with E-state index in [1.807, 2.05) is 19.1 Å². The molecule has 0 radical (unpaired) electrons. The van der Waals surface area contributed by atoms with Gasteiger partial charge >= 0.3 is 0 Å². The largest absolute Gasteiger partial charge is 0.486 e. The maximum Gasteiger partial charge on any atom is 0.237 e. The van der Waals surface area contributed by atoms with Crippen LogP contribution in [0.4, 0.5) is 0 Å². The summed E-state index contributed by atoms with van der Waals surface area (Å²) in [5.41, 5.74) is 2.18. The number of nitrogens with one attached hydrogen (secondary N) is 2. The molecule has 1 atom stereocenters. The minimum absolute atomic E-state index is 0.0347. The Balaban J connectivity index is 1.66. The van der Waals surface area contributed by atoms with Gasteiger partial charge in [-0.25, -0.2) is 0 Å². The lowest BCUT2D eigenvalue weighted by atomic mass is 10.1. The second-order valence-electron chi connectivity index (χ2n) is 5.29. The number of hydrogen-bond donors (Lipinski definition) is 2. The maximum atomic E-state index is 12.0. The Morgan fingerprint density at radius 1 is 1.35 bits per heavy atom. The van der Waals surface area contributed by atoms with Crippen LogP contribution in [-0.4, -0.2) is 31.7 Å². The third-order valence-electron chi connectivity index (χ3n) is 3.83. The van der Waals surface area contributed by atoms with Gasteiger partial charge in [0.2, 0.25) is 5.91 Å². The van der Waals surface area contributed by atoms with Crippen molar-refractivity contribution in [2.75, 3.05) is 19.8 Å². The van der Waals surface area contributed by atoms with E-state index in [4.69, 9.17) is 9.47 Å². The molecule has 1 aromatic rings. The second-order valence-corrected chi connectivity index (χ2v) is 5.29. The van der Waals surface area contributed by atoms with E-state index in [2.05, 4.69) is 10.6 Å². The predicted octanol–water partition coefficient (Wildman–Crippen LogP) is 1.13. The van der Waals surface area contributed by atoms with Gasteiger partial charge in [0.25, 0.3) is 0 Å². The highest BCUT2D eigenvalue weighted by Gasteiger charge is 2.22.